The molecule has 0 atom stereocenters. The molecule has 1 aliphatic carbocycles. The number of amidine groups is 1. The maximum absolute atomic E-state index is 11.7. The third-order valence-corrected chi connectivity index (χ3v) is 4.29. The Bertz CT molecular complexity index is 479. The van der Waals surface area contributed by atoms with E-state index in [-0.39, 0.29) is 11.8 Å². The Labute approximate surface area is 132 Å². The Balaban J connectivity index is 1.84. The molecule has 0 spiro atoms. The van der Waals surface area contributed by atoms with Gasteiger partial charge < -0.3 is 10.6 Å². The van der Waals surface area contributed by atoms with Crippen molar-refractivity contribution in [2.45, 2.75) is 38.5 Å². The minimum Gasteiger partial charge on any atom is -0.380 e. The second-order valence-electron chi connectivity index (χ2n) is 5.15. The normalized spacial score (nSPS) is 16.9. The van der Waals surface area contributed by atoms with Gasteiger partial charge in [0.15, 0.2) is 5.84 Å². The van der Waals surface area contributed by atoms with Crippen LogP contribution in [0.2, 0.25) is 0 Å². The number of oxime groups is 1. The molecule has 108 valence electrons. The van der Waals surface area contributed by atoms with E-state index in [9.17, 15) is 4.79 Å². The second-order valence-corrected chi connectivity index (χ2v) is 6.40. The third kappa shape index (κ3) is 4.77. The number of hydrogen-bond donors (Lipinski definition) is 1. The Kier molecular flexibility index (Phi) is 5.82. The summed E-state index contributed by atoms with van der Waals surface area (Å²) in [7, 11) is 0. The van der Waals surface area contributed by atoms with E-state index in [0.29, 0.717) is 12.3 Å². The van der Waals surface area contributed by atoms with E-state index in [0.717, 1.165) is 22.0 Å². The zero-order valence-electron chi connectivity index (χ0n) is 11.3. The van der Waals surface area contributed by atoms with Crippen molar-refractivity contribution in [3.8, 4) is 0 Å². The summed E-state index contributed by atoms with van der Waals surface area (Å²) in [4.78, 5) is 16.6. The van der Waals surface area contributed by atoms with Gasteiger partial charge in [-0.3, -0.25) is 0 Å². The van der Waals surface area contributed by atoms with Crippen molar-refractivity contribution in [2.24, 2.45) is 16.8 Å². The standard InChI is InChI=1S/C15H19IN2O2/c16-13-8-6-12(7-9-13)15(17)18-20-14(19)10-11-4-2-1-3-5-11/h6-9,11H,1-5,10H2,(H2,17,18). The summed E-state index contributed by atoms with van der Waals surface area (Å²) in [5.41, 5.74) is 6.56. The third-order valence-electron chi connectivity index (χ3n) is 3.57. The predicted molar refractivity (Wildman–Crippen MR) is 87.2 cm³/mol. The van der Waals surface area contributed by atoms with Crippen LogP contribution in [0, 0.1) is 9.49 Å². The van der Waals surface area contributed by atoms with Crippen LogP contribution in [0.1, 0.15) is 44.1 Å². The molecule has 0 heterocycles. The average molecular weight is 386 g/mol. The highest BCUT2D eigenvalue weighted by Crippen LogP contribution is 2.26. The summed E-state index contributed by atoms with van der Waals surface area (Å²) >= 11 is 2.22. The van der Waals surface area contributed by atoms with Crippen molar-refractivity contribution in [3.63, 3.8) is 0 Å². The van der Waals surface area contributed by atoms with Crippen LogP contribution < -0.4 is 5.73 Å². The molecule has 1 fully saturated rings. The van der Waals surface area contributed by atoms with Crippen molar-refractivity contribution < 1.29 is 9.63 Å². The second kappa shape index (κ2) is 7.61. The lowest BCUT2D eigenvalue weighted by atomic mass is 9.87. The predicted octanol–water partition coefficient (Wildman–Crippen LogP) is 3.43. The van der Waals surface area contributed by atoms with Crippen molar-refractivity contribution in [2.75, 3.05) is 0 Å². The number of nitrogens with zero attached hydrogens (tertiary/aromatic N) is 1. The van der Waals surface area contributed by atoms with E-state index in [1.807, 2.05) is 24.3 Å². The molecule has 0 saturated heterocycles. The van der Waals surface area contributed by atoms with Crippen LogP contribution in [0.15, 0.2) is 29.4 Å². The lowest BCUT2D eigenvalue weighted by Crippen LogP contribution is -2.17. The van der Waals surface area contributed by atoms with Crippen LogP contribution in [0.4, 0.5) is 0 Å². The maximum atomic E-state index is 11.7. The molecule has 0 aliphatic heterocycles. The molecule has 2 rings (SSSR count). The highest BCUT2D eigenvalue weighted by atomic mass is 127. The van der Waals surface area contributed by atoms with Gasteiger partial charge in [-0.2, -0.15) is 0 Å². The number of nitrogens with two attached hydrogens (primary N) is 1. The number of rotatable bonds is 4. The van der Waals surface area contributed by atoms with Crippen molar-refractivity contribution in [1.29, 1.82) is 0 Å². The molecule has 0 bridgehead atoms. The first-order chi connectivity index (χ1) is 9.65. The van der Waals surface area contributed by atoms with Gasteiger partial charge in [-0.15, -0.1) is 0 Å². The van der Waals surface area contributed by atoms with Gasteiger partial charge in [-0.1, -0.05) is 36.6 Å². The number of hydrogen-bond acceptors (Lipinski definition) is 3. The Morgan fingerprint density at radius 1 is 1.25 bits per heavy atom. The molecule has 0 amide bonds. The molecule has 0 unspecified atom stereocenters. The van der Waals surface area contributed by atoms with Crippen LogP contribution in [0.5, 0.6) is 0 Å². The van der Waals surface area contributed by atoms with Crippen LogP contribution in [0.25, 0.3) is 0 Å². The fraction of sp³-hybridized carbons (Fsp3) is 0.467. The monoisotopic (exact) mass is 386 g/mol. The first-order valence-electron chi connectivity index (χ1n) is 6.94. The summed E-state index contributed by atoms with van der Waals surface area (Å²) in [6.07, 6.45) is 6.39. The number of carbonyl (C=O) groups excluding carboxylic acids is 1. The quantitative estimate of drug-likeness (QED) is 0.284. The first-order valence-corrected chi connectivity index (χ1v) is 8.02. The lowest BCUT2D eigenvalue weighted by molar-refractivity contribution is -0.145. The molecule has 1 aliphatic rings. The zero-order valence-corrected chi connectivity index (χ0v) is 13.5. The summed E-state index contributed by atoms with van der Waals surface area (Å²) < 4.78 is 1.12. The first kappa shape index (κ1) is 15.3. The lowest BCUT2D eigenvalue weighted by Gasteiger charge is -2.19. The van der Waals surface area contributed by atoms with Gasteiger partial charge >= 0.3 is 5.97 Å². The van der Waals surface area contributed by atoms with Crippen molar-refractivity contribution >= 4 is 34.4 Å². The Hall–Kier alpha value is -1.11. The molecule has 1 aromatic rings. The molecule has 4 nitrogen and oxygen atoms in total. The smallest absolute Gasteiger partial charge is 0.335 e. The van der Waals surface area contributed by atoms with E-state index >= 15 is 0 Å². The number of benzene rings is 1. The SMILES string of the molecule is N/C(=N\OC(=O)CC1CCCCC1)c1ccc(I)cc1. The summed E-state index contributed by atoms with van der Waals surface area (Å²) in [5, 5.41) is 3.73. The molecule has 2 N–H and O–H groups in total. The Morgan fingerprint density at radius 2 is 1.90 bits per heavy atom. The van der Waals surface area contributed by atoms with Crippen LogP contribution >= 0.6 is 22.6 Å². The van der Waals surface area contributed by atoms with Gasteiger partial charge in [0.1, 0.15) is 0 Å². The topological polar surface area (TPSA) is 64.7 Å². The van der Waals surface area contributed by atoms with Gasteiger partial charge in [-0.25, -0.2) is 4.79 Å². The largest absolute Gasteiger partial charge is 0.380 e. The fourth-order valence-electron chi connectivity index (χ4n) is 2.44. The molecule has 1 aromatic carbocycles. The fourth-order valence-corrected chi connectivity index (χ4v) is 2.80. The van der Waals surface area contributed by atoms with Gasteiger partial charge in [0, 0.05) is 9.13 Å². The molecule has 20 heavy (non-hydrogen) atoms. The van der Waals surface area contributed by atoms with Crippen LogP contribution in [0.3, 0.4) is 0 Å². The summed E-state index contributed by atoms with van der Waals surface area (Å²) in [5.74, 6) is 0.398. The average Bonchev–Trinajstić information content (AvgIpc) is 2.46. The van der Waals surface area contributed by atoms with Gasteiger partial charge in [0.25, 0.3) is 0 Å². The highest BCUT2D eigenvalue weighted by molar-refractivity contribution is 14.1. The van der Waals surface area contributed by atoms with Crippen LogP contribution in [-0.4, -0.2) is 11.8 Å². The molecule has 1 saturated carbocycles. The Morgan fingerprint density at radius 3 is 2.55 bits per heavy atom. The van der Waals surface area contributed by atoms with Crippen LogP contribution in [-0.2, 0) is 9.63 Å². The molecular formula is C15H19IN2O2. The minimum absolute atomic E-state index is 0.235. The highest BCUT2D eigenvalue weighted by Gasteiger charge is 2.18. The van der Waals surface area contributed by atoms with Crippen molar-refractivity contribution in [1.82, 2.24) is 0 Å². The van der Waals surface area contributed by atoms with E-state index in [2.05, 4.69) is 27.7 Å². The van der Waals surface area contributed by atoms with Gasteiger partial charge in [-0.05, 0) is 53.5 Å². The molecule has 0 aromatic heterocycles. The van der Waals surface area contributed by atoms with Gasteiger partial charge in [0.2, 0.25) is 0 Å². The van der Waals surface area contributed by atoms with E-state index in [4.69, 9.17) is 10.6 Å². The van der Waals surface area contributed by atoms with Gasteiger partial charge in [0.05, 0.1) is 6.42 Å². The summed E-state index contributed by atoms with van der Waals surface area (Å²) in [6, 6.07) is 7.58. The van der Waals surface area contributed by atoms with E-state index < -0.39 is 0 Å². The minimum atomic E-state index is -0.287. The molecular weight excluding hydrogens is 367 g/mol. The maximum Gasteiger partial charge on any atom is 0.335 e. The van der Waals surface area contributed by atoms with E-state index in [1.54, 1.807) is 0 Å². The zero-order chi connectivity index (χ0) is 14.4. The van der Waals surface area contributed by atoms with Crippen molar-refractivity contribution in [3.05, 3.63) is 33.4 Å². The summed E-state index contributed by atoms with van der Waals surface area (Å²) in [6.45, 7) is 0. The number of halogens is 1. The molecule has 0 radical (unpaired) electrons. The number of carbonyl (C=O) groups is 1. The molecule has 5 heteroatoms. The van der Waals surface area contributed by atoms with E-state index in [1.165, 1.54) is 19.3 Å².